The van der Waals surface area contributed by atoms with Crippen molar-refractivity contribution in [2.75, 3.05) is 6.66 Å². The van der Waals surface area contributed by atoms with Gasteiger partial charge in [0.2, 0.25) is 0 Å². The highest BCUT2D eigenvalue weighted by atomic mass is 31.2. The van der Waals surface area contributed by atoms with E-state index >= 15 is 0 Å². The number of hydrogen-bond donors (Lipinski definition) is 1. The van der Waals surface area contributed by atoms with E-state index in [0.29, 0.717) is 5.56 Å². The van der Waals surface area contributed by atoms with Gasteiger partial charge in [-0.25, -0.2) is 0 Å². The summed E-state index contributed by atoms with van der Waals surface area (Å²) in [5.41, 5.74) is 6.25. The first-order valence-electron chi connectivity index (χ1n) is 7.51. The van der Waals surface area contributed by atoms with Crippen molar-refractivity contribution in [3.63, 3.8) is 0 Å². The monoisotopic (exact) mass is 320 g/mol. The Morgan fingerprint density at radius 1 is 0.739 bits per heavy atom. The highest BCUT2D eigenvalue weighted by molar-refractivity contribution is 7.95. The van der Waals surface area contributed by atoms with Crippen LogP contribution >= 0.6 is 7.26 Å². The zero-order valence-corrected chi connectivity index (χ0v) is 13.9. The summed E-state index contributed by atoms with van der Waals surface area (Å²) in [7, 11) is -1.92. The molecule has 3 aromatic carbocycles. The molecule has 0 aliphatic rings. The van der Waals surface area contributed by atoms with E-state index in [-0.39, 0.29) is 5.91 Å². The van der Waals surface area contributed by atoms with E-state index in [1.165, 1.54) is 10.6 Å². The standard InChI is InChI=1S/C20H18NOP/c1-23(16-10-4-2-5-11-16,17-12-6-3-7-13-17)19-15-9-8-14-18(19)20(21)22/h2-15H,1H3,(H-,21,22)/p+1. The highest BCUT2D eigenvalue weighted by Gasteiger charge is 2.42. The Hall–Kier alpha value is -2.44. The minimum atomic E-state index is -1.92. The predicted molar refractivity (Wildman–Crippen MR) is 99.6 cm³/mol. The van der Waals surface area contributed by atoms with Crippen LogP contribution in [0.15, 0.2) is 84.9 Å². The van der Waals surface area contributed by atoms with Crippen LogP contribution in [0.3, 0.4) is 0 Å². The average Bonchev–Trinajstić information content (AvgIpc) is 2.62. The fourth-order valence-corrected chi connectivity index (χ4v) is 6.39. The molecular weight excluding hydrogens is 301 g/mol. The molecule has 2 nitrogen and oxygen atoms in total. The van der Waals surface area contributed by atoms with Crippen molar-refractivity contribution in [2.24, 2.45) is 5.73 Å². The predicted octanol–water partition coefficient (Wildman–Crippen LogP) is 2.71. The molecule has 0 aliphatic heterocycles. The van der Waals surface area contributed by atoms with Crippen LogP contribution in [0.25, 0.3) is 0 Å². The lowest BCUT2D eigenvalue weighted by atomic mass is 10.2. The quantitative estimate of drug-likeness (QED) is 0.738. The maximum Gasteiger partial charge on any atom is 0.252 e. The molecule has 0 saturated carbocycles. The minimum absolute atomic E-state index is 0.376. The van der Waals surface area contributed by atoms with E-state index in [1.54, 1.807) is 0 Å². The van der Waals surface area contributed by atoms with E-state index in [0.717, 1.165) is 5.30 Å². The van der Waals surface area contributed by atoms with Gasteiger partial charge in [0.25, 0.3) is 5.91 Å². The highest BCUT2D eigenvalue weighted by Crippen LogP contribution is 2.52. The molecule has 0 heterocycles. The molecule has 0 fully saturated rings. The molecule has 0 radical (unpaired) electrons. The summed E-state index contributed by atoms with van der Waals surface area (Å²) in [6, 6.07) is 28.5. The van der Waals surface area contributed by atoms with Crippen LogP contribution in [0.4, 0.5) is 0 Å². The first-order valence-corrected chi connectivity index (χ1v) is 9.75. The summed E-state index contributed by atoms with van der Waals surface area (Å²) in [5, 5.41) is 3.50. The van der Waals surface area contributed by atoms with E-state index in [9.17, 15) is 4.79 Å². The van der Waals surface area contributed by atoms with Gasteiger partial charge in [-0.3, -0.25) is 4.79 Å². The van der Waals surface area contributed by atoms with Crippen molar-refractivity contribution >= 4 is 29.1 Å². The molecule has 2 N–H and O–H groups in total. The molecule has 0 aromatic heterocycles. The van der Waals surface area contributed by atoms with Crippen LogP contribution < -0.4 is 21.6 Å². The molecule has 0 aliphatic carbocycles. The van der Waals surface area contributed by atoms with Gasteiger partial charge in [-0.15, -0.1) is 0 Å². The van der Waals surface area contributed by atoms with E-state index in [2.05, 4.69) is 30.9 Å². The molecule has 3 heteroatoms. The van der Waals surface area contributed by atoms with E-state index in [4.69, 9.17) is 5.73 Å². The van der Waals surface area contributed by atoms with Gasteiger partial charge >= 0.3 is 0 Å². The van der Waals surface area contributed by atoms with Crippen LogP contribution in [-0.4, -0.2) is 12.6 Å². The Morgan fingerprint density at radius 3 is 1.65 bits per heavy atom. The fraction of sp³-hybridized carbons (Fsp3) is 0.0500. The van der Waals surface area contributed by atoms with Crippen molar-refractivity contribution in [3.8, 4) is 0 Å². The van der Waals surface area contributed by atoms with Crippen LogP contribution in [0.1, 0.15) is 10.4 Å². The van der Waals surface area contributed by atoms with Crippen molar-refractivity contribution in [1.82, 2.24) is 0 Å². The van der Waals surface area contributed by atoms with Crippen LogP contribution in [-0.2, 0) is 0 Å². The van der Waals surface area contributed by atoms with Gasteiger partial charge in [0.1, 0.15) is 23.2 Å². The Morgan fingerprint density at radius 2 is 1.17 bits per heavy atom. The summed E-state index contributed by atoms with van der Waals surface area (Å²) in [6.45, 7) is 2.25. The van der Waals surface area contributed by atoms with Crippen LogP contribution in [0.2, 0.25) is 0 Å². The van der Waals surface area contributed by atoms with Crippen molar-refractivity contribution in [3.05, 3.63) is 90.5 Å². The maximum atomic E-state index is 12.0. The molecule has 0 unspecified atom stereocenters. The normalized spacial score (nSPS) is 11.2. The summed E-state index contributed by atoms with van der Waals surface area (Å²) in [6.07, 6.45) is 0. The van der Waals surface area contributed by atoms with Gasteiger partial charge in [-0.1, -0.05) is 48.5 Å². The third kappa shape index (κ3) is 2.78. The smallest absolute Gasteiger partial charge is 0.252 e. The minimum Gasteiger partial charge on any atom is -0.365 e. The van der Waals surface area contributed by atoms with Crippen molar-refractivity contribution in [2.45, 2.75) is 0 Å². The maximum absolute atomic E-state index is 12.0. The second-order valence-electron chi connectivity index (χ2n) is 5.56. The number of primary amides is 1. The molecule has 3 aromatic rings. The average molecular weight is 320 g/mol. The molecule has 0 atom stereocenters. The number of carbonyl (C=O) groups excluding carboxylic acids is 1. The Balaban J connectivity index is 2.33. The van der Waals surface area contributed by atoms with Crippen molar-refractivity contribution in [1.29, 1.82) is 0 Å². The fourth-order valence-electron chi connectivity index (χ4n) is 2.95. The zero-order chi connectivity index (χ0) is 16.3. The lowest BCUT2D eigenvalue weighted by Crippen LogP contribution is -2.34. The van der Waals surface area contributed by atoms with Gasteiger partial charge in [0.15, 0.2) is 0 Å². The van der Waals surface area contributed by atoms with Crippen LogP contribution in [0.5, 0.6) is 0 Å². The Labute approximate surface area is 137 Å². The molecule has 114 valence electrons. The lowest BCUT2D eigenvalue weighted by Gasteiger charge is -2.24. The van der Waals surface area contributed by atoms with Crippen molar-refractivity contribution < 1.29 is 4.79 Å². The molecule has 1 amide bonds. The van der Waals surface area contributed by atoms with Gasteiger partial charge in [0.05, 0.1) is 12.2 Å². The number of benzene rings is 3. The molecule has 0 saturated heterocycles. The Bertz CT molecular complexity index is 776. The summed E-state index contributed by atoms with van der Waals surface area (Å²) in [4.78, 5) is 12.0. The SMILES string of the molecule is C[P+](c1ccccc1)(c1ccccc1)c1ccccc1C(N)=O. The number of carbonyl (C=O) groups is 1. The topological polar surface area (TPSA) is 43.1 Å². The zero-order valence-electron chi connectivity index (χ0n) is 13.0. The van der Waals surface area contributed by atoms with Gasteiger partial charge in [-0.2, -0.15) is 0 Å². The van der Waals surface area contributed by atoms with Crippen LogP contribution in [0, 0.1) is 0 Å². The molecule has 0 spiro atoms. The summed E-state index contributed by atoms with van der Waals surface area (Å²) >= 11 is 0. The van der Waals surface area contributed by atoms with E-state index in [1.807, 2.05) is 60.7 Å². The number of nitrogens with two attached hydrogens (primary N) is 1. The number of rotatable bonds is 4. The largest absolute Gasteiger partial charge is 0.365 e. The van der Waals surface area contributed by atoms with Gasteiger partial charge in [0, 0.05) is 0 Å². The molecule has 23 heavy (non-hydrogen) atoms. The summed E-state index contributed by atoms with van der Waals surface area (Å²) in [5.74, 6) is -0.376. The first kappa shape index (κ1) is 15.5. The number of hydrogen-bond acceptors (Lipinski definition) is 1. The number of amides is 1. The molecule has 3 rings (SSSR count). The second kappa shape index (κ2) is 6.36. The third-order valence-corrected chi connectivity index (χ3v) is 8.21. The second-order valence-corrected chi connectivity index (χ2v) is 9.09. The third-order valence-electron chi connectivity index (χ3n) is 4.20. The Kier molecular flexibility index (Phi) is 4.27. The lowest BCUT2D eigenvalue weighted by molar-refractivity contribution is 0.100. The van der Waals surface area contributed by atoms with Gasteiger partial charge in [-0.05, 0) is 36.4 Å². The van der Waals surface area contributed by atoms with E-state index < -0.39 is 7.26 Å². The summed E-state index contributed by atoms with van der Waals surface area (Å²) < 4.78 is 0. The first-order chi connectivity index (χ1) is 11.1. The molecular formula is C20H19NOP+. The van der Waals surface area contributed by atoms with Gasteiger partial charge < -0.3 is 5.73 Å². The molecule has 0 bridgehead atoms.